The summed E-state index contributed by atoms with van der Waals surface area (Å²) >= 11 is 0. The van der Waals surface area contributed by atoms with Crippen molar-refractivity contribution in [2.45, 2.75) is 97.5 Å². The van der Waals surface area contributed by atoms with Gasteiger partial charge in [0.1, 0.15) is 0 Å². The Morgan fingerprint density at radius 2 is 1.39 bits per heavy atom. The summed E-state index contributed by atoms with van der Waals surface area (Å²) in [5.41, 5.74) is 0.548. The van der Waals surface area contributed by atoms with Gasteiger partial charge in [-0.2, -0.15) is 0 Å². The van der Waals surface area contributed by atoms with Gasteiger partial charge in [0, 0.05) is 19.3 Å². The third-order valence-electron chi connectivity index (χ3n) is 9.83. The Kier molecular flexibility index (Phi) is 11.9. The van der Waals surface area contributed by atoms with Crippen LogP contribution in [-0.2, 0) is 27.9 Å². The topological polar surface area (TPSA) is 71.1 Å². The number of methoxy groups -OCH3 is 1. The highest BCUT2D eigenvalue weighted by molar-refractivity contribution is 6.99. The third kappa shape index (κ3) is 8.01. The van der Waals surface area contributed by atoms with Crippen molar-refractivity contribution < 1.29 is 27.9 Å². The molecule has 252 valence electrons. The molecule has 0 fully saturated rings. The summed E-state index contributed by atoms with van der Waals surface area (Å²) in [4.78, 5) is 26.0. The van der Waals surface area contributed by atoms with Gasteiger partial charge in [-0.1, -0.05) is 127 Å². The summed E-state index contributed by atoms with van der Waals surface area (Å²) < 4.78 is 25.1. The van der Waals surface area contributed by atoms with E-state index in [0.717, 1.165) is 11.1 Å². The Bertz CT molecular complexity index is 1360. The van der Waals surface area contributed by atoms with E-state index in [0.29, 0.717) is 13.2 Å². The highest BCUT2D eigenvalue weighted by Gasteiger charge is 2.54. The molecule has 0 spiro atoms. The van der Waals surface area contributed by atoms with Gasteiger partial charge in [-0.3, -0.25) is 4.79 Å². The minimum atomic E-state index is -2.81. The first-order valence-corrected chi connectivity index (χ1v) is 21.2. The van der Waals surface area contributed by atoms with Crippen LogP contribution in [0.25, 0.3) is 0 Å². The maximum absolute atomic E-state index is 13.5. The second kappa shape index (κ2) is 14.5. The van der Waals surface area contributed by atoms with Crippen LogP contribution in [0.3, 0.4) is 0 Å². The molecular formula is C38H56O6Si2. The lowest BCUT2D eigenvalue weighted by Crippen LogP contribution is -2.66. The van der Waals surface area contributed by atoms with Gasteiger partial charge in [0.05, 0.1) is 20.3 Å². The molecule has 0 saturated carbocycles. The number of ether oxygens (including phenoxy) is 2. The molecule has 0 saturated heterocycles. The molecule has 0 radical (unpaired) electrons. The normalized spacial score (nSPS) is 21.4. The van der Waals surface area contributed by atoms with Crippen LogP contribution in [0.15, 0.2) is 84.0 Å². The van der Waals surface area contributed by atoms with Gasteiger partial charge in [0.25, 0.3) is 8.32 Å². The SMILES string of the molecule is COC(=O)[C@]1(OC(C)=O)C[C@@H](C)C(CO[Si](c2ccccc2)(c2ccccc2)C(C)(C)C)=C[C@H]1/C=C(\C)CO[Si](C)(C)C(C)(C)C. The zero-order chi connectivity index (χ0) is 34.6. The zero-order valence-corrected chi connectivity index (χ0v) is 32.2. The van der Waals surface area contributed by atoms with Crippen LogP contribution in [0.5, 0.6) is 0 Å². The predicted octanol–water partition coefficient (Wildman–Crippen LogP) is 7.59. The molecule has 3 atom stereocenters. The summed E-state index contributed by atoms with van der Waals surface area (Å²) in [5, 5.41) is 2.29. The highest BCUT2D eigenvalue weighted by atomic mass is 28.4. The third-order valence-corrected chi connectivity index (χ3v) is 19.3. The van der Waals surface area contributed by atoms with Crippen molar-refractivity contribution in [1.82, 2.24) is 0 Å². The fraction of sp³-hybridized carbons (Fsp3) is 0.526. The van der Waals surface area contributed by atoms with E-state index < -0.39 is 40.1 Å². The van der Waals surface area contributed by atoms with Crippen LogP contribution in [0, 0.1) is 11.8 Å². The van der Waals surface area contributed by atoms with Crippen molar-refractivity contribution >= 4 is 38.9 Å². The number of carbonyl (C=O) groups is 2. The molecule has 0 unspecified atom stereocenters. The maximum Gasteiger partial charge on any atom is 0.351 e. The van der Waals surface area contributed by atoms with Crippen molar-refractivity contribution in [3.63, 3.8) is 0 Å². The minimum Gasteiger partial charge on any atom is -0.466 e. The lowest BCUT2D eigenvalue weighted by molar-refractivity contribution is -0.186. The van der Waals surface area contributed by atoms with Gasteiger partial charge < -0.3 is 18.3 Å². The smallest absolute Gasteiger partial charge is 0.351 e. The van der Waals surface area contributed by atoms with Gasteiger partial charge in [-0.15, -0.1) is 0 Å². The molecule has 0 N–H and O–H groups in total. The molecule has 0 aromatic heterocycles. The van der Waals surface area contributed by atoms with E-state index in [1.807, 2.05) is 25.1 Å². The molecule has 0 aliphatic heterocycles. The van der Waals surface area contributed by atoms with E-state index in [-0.39, 0.29) is 22.4 Å². The first-order valence-electron chi connectivity index (χ1n) is 16.4. The van der Waals surface area contributed by atoms with Crippen LogP contribution in [-0.4, -0.2) is 54.5 Å². The largest absolute Gasteiger partial charge is 0.466 e. The highest BCUT2D eigenvalue weighted by Crippen LogP contribution is 2.44. The molecule has 0 bridgehead atoms. The van der Waals surface area contributed by atoms with Crippen LogP contribution in [0.1, 0.15) is 68.7 Å². The Morgan fingerprint density at radius 3 is 1.83 bits per heavy atom. The Hall–Kier alpha value is -2.79. The number of hydrogen-bond donors (Lipinski definition) is 0. The van der Waals surface area contributed by atoms with Gasteiger partial charge in [0.2, 0.25) is 5.60 Å². The average molecular weight is 665 g/mol. The summed E-state index contributed by atoms with van der Waals surface area (Å²) in [6.07, 6.45) is 4.37. The first kappa shape index (κ1) is 37.7. The zero-order valence-electron chi connectivity index (χ0n) is 30.2. The second-order valence-corrected chi connectivity index (χ2v) is 24.5. The van der Waals surface area contributed by atoms with Gasteiger partial charge in [0.15, 0.2) is 8.32 Å². The van der Waals surface area contributed by atoms with E-state index in [2.05, 4.69) is 116 Å². The monoisotopic (exact) mass is 664 g/mol. The quantitative estimate of drug-likeness (QED) is 0.140. The average Bonchev–Trinajstić information content (AvgIpc) is 2.97. The van der Waals surface area contributed by atoms with E-state index in [9.17, 15) is 9.59 Å². The molecule has 3 rings (SSSR count). The van der Waals surface area contributed by atoms with Crippen LogP contribution in [0.4, 0.5) is 0 Å². The van der Waals surface area contributed by atoms with E-state index in [1.165, 1.54) is 24.4 Å². The summed E-state index contributed by atoms with van der Waals surface area (Å²) in [6.45, 7) is 24.1. The summed E-state index contributed by atoms with van der Waals surface area (Å²) in [7, 11) is -3.48. The number of carbonyl (C=O) groups excluding carboxylic acids is 2. The van der Waals surface area contributed by atoms with Gasteiger partial charge in [-0.05, 0) is 52.0 Å². The van der Waals surface area contributed by atoms with E-state index in [1.54, 1.807) is 0 Å². The Labute approximate surface area is 279 Å². The fourth-order valence-electron chi connectivity index (χ4n) is 6.24. The predicted molar refractivity (Wildman–Crippen MR) is 192 cm³/mol. The molecule has 8 heteroatoms. The minimum absolute atomic E-state index is 0.0619. The van der Waals surface area contributed by atoms with Crippen molar-refractivity contribution in [3.05, 3.63) is 84.0 Å². The molecule has 2 aromatic carbocycles. The van der Waals surface area contributed by atoms with Crippen molar-refractivity contribution in [3.8, 4) is 0 Å². The summed E-state index contributed by atoms with van der Waals surface area (Å²) in [5.74, 6) is -1.74. The molecule has 46 heavy (non-hydrogen) atoms. The fourth-order valence-corrected chi connectivity index (χ4v) is 11.8. The molecule has 1 aliphatic carbocycles. The maximum atomic E-state index is 13.5. The van der Waals surface area contributed by atoms with E-state index >= 15 is 0 Å². The number of benzene rings is 2. The molecule has 6 nitrogen and oxygen atoms in total. The van der Waals surface area contributed by atoms with Crippen LogP contribution >= 0.6 is 0 Å². The Balaban J connectivity index is 2.13. The van der Waals surface area contributed by atoms with Crippen LogP contribution < -0.4 is 10.4 Å². The Morgan fingerprint density at radius 1 is 0.870 bits per heavy atom. The van der Waals surface area contributed by atoms with Crippen molar-refractivity contribution in [2.24, 2.45) is 11.8 Å². The van der Waals surface area contributed by atoms with E-state index in [4.69, 9.17) is 18.3 Å². The standard InChI is InChI=1S/C38H56O6Si2/c1-28(26-42-45(11,12)36(4,5)6)23-32-24-31(29(2)25-38(32,35(40)41-10)44-30(3)39)27-43-46(37(7,8)9,33-19-15-13-16-20-33)34-21-17-14-18-22-34/h13-24,29,32H,25-27H2,1-12H3/b28-23+/t29-,32-,38+/m1/s1. The molecule has 0 amide bonds. The number of esters is 2. The molecule has 2 aromatic rings. The number of hydrogen-bond acceptors (Lipinski definition) is 6. The van der Waals surface area contributed by atoms with Crippen LogP contribution in [0.2, 0.25) is 23.2 Å². The summed E-state index contributed by atoms with van der Waals surface area (Å²) in [6, 6.07) is 21.1. The van der Waals surface area contributed by atoms with Gasteiger partial charge in [-0.25, -0.2) is 4.79 Å². The van der Waals surface area contributed by atoms with Gasteiger partial charge >= 0.3 is 11.9 Å². The molecule has 0 heterocycles. The van der Waals surface area contributed by atoms with Crippen molar-refractivity contribution in [2.75, 3.05) is 20.3 Å². The molecular weight excluding hydrogens is 609 g/mol. The second-order valence-electron chi connectivity index (χ2n) is 15.4. The first-order chi connectivity index (χ1) is 21.3. The lowest BCUT2D eigenvalue weighted by Gasteiger charge is -2.45. The lowest BCUT2D eigenvalue weighted by atomic mass is 9.71. The number of rotatable bonds is 11. The van der Waals surface area contributed by atoms with Crippen molar-refractivity contribution in [1.29, 1.82) is 0 Å². The molecule has 1 aliphatic rings.